The zero-order chi connectivity index (χ0) is 10.7. The molecular formula is C13H26O. The van der Waals surface area contributed by atoms with Crippen molar-refractivity contribution < 1.29 is 5.11 Å². The van der Waals surface area contributed by atoms with Crippen molar-refractivity contribution >= 4 is 0 Å². The van der Waals surface area contributed by atoms with E-state index in [-0.39, 0.29) is 6.10 Å². The molecule has 0 aromatic heterocycles. The Kier molecular flexibility index (Phi) is 4.43. The molecule has 0 heterocycles. The van der Waals surface area contributed by atoms with Gasteiger partial charge in [0.25, 0.3) is 0 Å². The minimum atomic E-state index is -0.0828. The van der Waals surface area contributed by atoms with Crippen molar-refractivity contribution in [1.29, 1.82) is 0 Å². The van der Waals surface area contributed by atoms with Crippen LogP contribution in [0.3, 0.4) is 0 Å². The second-order valence-electron chi connectivity index (χ2n) is 5.36. The number of rotatable bonds is 3. The third-order valence-electron chi connectivity index (χ3n) is 4.41. The molecule has 0 spiro atoms. The summed E-state index contributed by atoms with van der Waals surface area (Å²) in [6.07, 6.45) is 4.82. The van der Waals surface area contributed by atoms with E-state index < -0.39 is 0 Å². The predicted octanol–water partition coefficient (Wildman–Crippen LogP) is 3.47. The summed E-state index contributed by atoms with van der Waals surface area (Å²) < 4.78 is 0. The molecule has 0 aromatic carbocycles. The lowest BCUT2D eigenvalue weighted by Crippen LogP contribution is -2.31. The van der Waals surface area contributed by atoms with Crippen LogP contribution < -0.4 is 0 Å². The first-order valence-corrected chi connectivity index (χ1v) is 6.24. The summed E-state index contributed by atoms with van der Waals surface area (Å²) in [6, 6.07) is 0. The smallest absolute Gasteiger partial charge is 0.0565 e. The summed E-state index contributed by atoms with van der Waals surface area (Å²) in [5.41, 5.74) is 0. The van der Waals surface area contributed by atoms with Crippen molar-refractivity contribution in [3.8, 4) is 0 Å². The summed E-state index contributed by atoms with van der Waals surface area (Å²) in [4.78, 5) is 0. The molecule has 0 amide bonds. The largest absolute Gasteiger partial charge is 0.393 e. The normalized spacial score (nSPS) is 37.9. The zero-order valence-electron chi connectivity index (χ0n) is 10.2. The summed E-state index contributed by atoms with van der Waals surface area (Å²) in [5, 5.41) is 9.83. The Morgan fingerprint density at radius 2 is 1.86 bits per heavy atom. The molecule has 0 aliphatic heterocycles. The van der Waals surface area contributed by atoms with E-state index in [1.807, 2.05) is 0 Å². The zero-order valence-corrected chi connectivity index (χ0v) is 10.2. The SMILES string of the molecule is CCC(O)C(C)C1CCC(C)C(C)C1. The van der Waals surface area contributed by atoms with Crippen LogP contribution in [-0.4, -0.2) is 11.2 Å². The fourth-order valence-corrected chi connectivity index (χ4v) is 2.75. The molecule has 1 rings (SSSR count). The van der Waals surface area contributed by atoms with Crippen LogP contribution in [0.4, 0.5) is 0 Å². The van der Waals surface area contributed by atoms with Gasteiger partial charge in [0, 0.05) is 0 Å². The summed E-state index contributed by atoms with van der Waals surface area (Å²) in [6.45, 7) is 9.03. The maximum atomic E-state index is 9.83. The molecule has 5 atom stereocenters. The monoisotopic (exact) mass is 198 g/mol. The Morgan fingerprint density at radius 3 is 2.36 bits per heavy atom. The van der Waals surface area contributed by atoms with Crippen LogP contribution in [-0.2, 0) is 0 Å². The average Bonchev–Trinajstić information content (AvgIpc) is 2.20. The summed E-state index contributed by atoms with van der Waals surface area (Å²) in [5.74, 6) is 2.99. The van der Waals surface area contributed by atoms with Crippen molar-refractivity contribution in [2.75, 3.05) is 0 Å². The highest BCUT2D eigenvalue weighted by Gasteiger charge is 2.30. The standard InChI is InChI=1S/C13H26O/c1-5-13(14)11(4)12-7-6-9(2)10(3)8-12/h9-14H,5-8H2,1-4H3. The number of aliphatic hydroxyl groups is 1. The van der Waals surface area contributed by atoms with Gasteiger partial charge in [-0.3, -0.25) is 0 Å². The van der Waals surface area contributed by atoms with E-state index in [4.69, 9.17) is 0 Å². The van der Waals surface area contributed by atoms with Crippen LogP contribution in [0.1, 0.15) is 53.4 Å². The highest BCUT2D eigenvalue weighted by molar-refractivity contribution is 4.80. The minimum absolute atomic E-state index is 0.0828. The van der Waals surface area contributed by atoms with Gasteiger partial charge >= 0.3 is 0 Å². The van der Waals surface area contributed by atoms with Crippen molar-refractivity contribution in [1.82, 2.24) is 0 Å². The third kappa shape index (κ3) is 2.73. The van der Waals surface area contributed by atoms with Crippen LogP contribution in [0.5, 0.6) is 0 Å². The van der Waals surface area contributed by atoms with Gasteiger partial charge in [0.2, 0.25) is 0 Å². The molecule has 1 aliphatic rings. The molecule has 1 saturated carbocycles. The summed E-state index contributed by atoms with van der Waals surface area (Å²) in [7, 11) is 0. The first-order chi connectivity index (χ1) is 6.56. The Hall–Kier alpha value is -0.0400. The minimum Gasteiger partial charge on any atom is -0.393 e. The van der Waals surface area contributed by atoms with Crippen LogP contribution in [0.15, 0.2) is 0 Å². The van der Waals surface area contributed by atoms with Crippen molar-refractivity contribution in [2.45, 2.75) is 59.5 Å². The van der Waals surface area contributed by atoms with Crippen molar-refractivity contribution in [3.63, 3.8) is 0 Å². The van der Waals surface area contributed by atoms with Crippen molar-refractivity contribution in [3.05, 3.63) is 0 Å². The van der Waals surface area contributed by atoms with Crippen LogP contribution in [0.25, 0.3) is 0 Å². The fraction of sp³-hybridized carbons (Fsp3) is 1.00. The number of aliphatic hydroxyl groups excluding tert-OH is 1. The molecule has 84 valence electrons. The Balaban J connectivity index is 2.45. The predicted molar refractivity (Wildman–Crippen MR) is 61.1 cm³/mol. The van der Waals surface area contributed by atoms with Gasteiger partial charge in [-0.1, -0.05) is 34.1 Å². The Morgan fingerprint density at radius 1 is 1.21 bits per heavy atom. The fourth-order valence-electron chi connectivity index (χ4n) is 2.75. The maximum Gasteiger partial charge on any atom is 0.0565 e. The topological polar surface area (TPSA) is 20.2 Å². The van der Waals surface area contributed by atoms with Gasteiger partial charge in [0.15, 0.2) is 0 Å². The average molecular weight is 198 g/mol. The first-order valence-electron chi connectivity index (χ1n) is 6.24. The molecule has 0 radical (unpaired) electrons. The molecule has 1 fully saturated rings. The van der Waals surface area contributed by atoms with E-state index in [1.165, 1.54) is 19.3 Å². The van der Waals surface area contributed by atoms with E-state index in [1.54, 1.807) is 0 Å². The van der Waals surface area contributed by atoms with E-state index >= 15 is 0 Å². The third-order valence-corrected chi connectivity index (χ3v) is 4.41. The number of hydrogen-bond acceptors (Lipinski definition) is 1. The van der Waals surface area contributed by atoms with Gasteiger partial charge < -0.3 is 5.11 Å². The Labute approximate surface area is 88.9 Å². The van der Waals surface area contributed by atoms with E-state index in [0.29, 0.717) is 5.92 Å². The van der Waals surface area contributed by atoms with Gasteiger partial charge in [-0.2, -0.15) is 0 Å². The van der Waals surface area contributed by atoms with Gasteiger partial charge in [0.05, 0.1) is 6.10 Å². The highest BCUT2D eigenvalue weighted by Crippen LogP contribution is 2.38. The van der Waals surface area contributed by atoms with Gasteiger partial charge in [-0.15, -0.1) is 0 Å². The second kappa shape index (κ2) is 5.16. The molecule has 1 heteroatoms. The van der Waals surface area contributed by atoms with Gasteiger partial charge in [-0.25, -0.2) is 0 Å². The quantitative estimate of drug-likeness (QED) is 0.736. The highest BCUT2D eigenvalue weighted by atomic mass is 16.3. The number of hydrogen-bond donors (Lipinski definition) is 1. The van der Waals surface area contributed by atoms with Crippen molar-refractivity contribution in [2.24, 2.45) is 23.7 Å². The lowest BCUT2D eigenvalue weighted by molar-refractivity contribution is 0.0483. The molecular weight excluding hydrogens is 172 g/mol. The molecule has 1 nitrogen and oxygen atoms in total. The Bertz CT molecular complexity index is 167. The molecule has 0 bridgehead atoms. The molecule has 1 N–H and O–H groups in total. The molecule has 5 unspecified atom stereocenters. The lowest BCUT2D eigenvalue weighted by atomic mass is 9.70. The van der Waals surface area contributed by atoms with E-state index in [9.17, 15) is 5.11 Å². The first kappa shape index (κ1) is 12.0. The summed E-state index contributed by atoms with van der Waals surface area (Å²) >= 11 is 0. The molecule has 0 aromatic rings. The molecule has 0 saturated heterocycles. The van der Waals surface area contributed by atoms with E-state index in [0.717, 1.165) is 24.2 Å². The van der Waals surface area contributed by atoms with Gasteiger partial charge in [-0.05, 0) is 42.9 Å². The molecule has 14 heavy (non-hydrogen) atoms. The van der Waals surface area contributed by atoms with Gasteiger partial charge in [0.1, 0.15) is 0 Å². The molecule has 1 aliphatic carbocycles. The van der Waals surface area contributed by atoms with Crippen LogP contribution >= 0.6 is 0 Å². The maximum absolute atomic E-state index is 9.83. The van der Waals surface area contributed by atoms with Crippen LogP contribution in [0.2, 0.25) is 0 Å². The second-order valence-corrected chi connectivity index (χ2v) is 5.36. The van der Waals surface area contributed by atoms with E-state index in [2.05, 4.69) is 27.7 Å². The van der Waals surface area contributed by atoms with Crippen LogP contribution in [0, 0.1) is 23.7 Å². The lowest BCUT2D eigenvalue weighted by Gasteiger charge is -2.37.